The quantitative estimate of drug-likeness (QED) is 0.0169. The van der Waals surface area contributed by atoms with Gasteiger partial charge in [-0.3, -0.25) is 37.3 Å². The predicted octanol–water partition coefficient (Wildman–Crippen LogP) is 21.7. The second-order valence-electron chi connectivity index (χ2n) is 25.6. The number of aliphatic hydroxyl groups is 1. The van der Waals surface area contributed by atoms with Gasteiger partial charge in [0.05, 0.1) is 26.4 Å². The van der Waals surface area contributed by atoms with Crippen molar-refractivity contribution in [3.05, 3.63) is 72.9 Å². The third-order valence-electron chi connectivity index (χ3n) is 16.1. The van der Waals surface area contributed by atoms with Crippen molar-refractivity contribution in [2.75, 3.05) is 39.6 Å². The number of rotatable bonds is 72. The van der Waals surface area contributed by atoms with E-state index in [0.717, 1.165) is 173 Å². The molecule has 0 spiro atoms. The monoisotopic (exact) mass is 1400 g/mol. The Bertz CT molecular complexity index is 2110. The van der Waals surface area contributed by atoms with Gasteiger partial charge in [0.2, 0.25) is 0 Å². The summed E-state index contributed by atoms with van der Waals surface area (Å²) in [6.45, 7) is 4.67. The lowest BCUT2D eigenvalue weighted by Gasteiger charge is -2.21. The van der Waals surface area contributed by atoms with E-state index in [1.165, 1.54) is 83.5 Å². The maximum atomic E-state index is 13.1. The average molecular weight is 1400 g/mol. The molecule has 0 rings (SSSR count). The normalized spacial score (nSPS) is 14.4. The molecule has 3 N–H and O–H groups in total. The molecule has 0 aromatic rings. The summed E-state index contributed by atoms with van der Waals surface area (Å²) >= 11 is 0. The second-order valence-corrected chi connectivity index (χ2v) is 28.5. The Hall–Kier alpha value is -3.50. The first kappa shape index (κ1) is 92.5. The van der Waals surface area contributed by atoms with Crippen molar-refractivity contribution < 1.29 is 80.2 Å². The maximum Gasteiger partial charge on any atom is 0.472 e. The number of hydrogen-bond acceptors (Lipinski definition) is 15. The van der Waals surface area contributed by atoms with Crippen LogP contribution in [-0.2, 0) is 65.4 Å². The van der Waals surface area contributed by atoms with E-state index >= 15 is 0 Å². The molecule has 0 amide bonds. The Morgan fingerprint density at radius 1 is 0.302 bits per heavy atom. The van der Waals surface area contributed by atoms with E-state index in [1.54, 1.807) is 0 Å². The van der Waals surface area contributed by atoms with Crippen LogP contribution in [0.3, 0.4) is 0 Å². The minimum atomic E-state index is -4.97. The lowest BCUT2D eigenvalue weighted by molar-refractivity contribution is -0.161. The Balaban J connectivity index is 5.29. The minimum absolute atomic E-state index is 0.0828. The van der Waals surface area contributed by atoms with Crippen LogP contribution in [0.4, 0.5) is 0 Å². The number of ether oxygens (including phenoxy) is 4. The summed E-state index contributed by atoms with van der Waals surface area (Å²) in [6, 6.07) is 0. The third kappa shape index (κ3) is 69.0. The first-order valence-electron chi connectivity index (χ1n) is 38.2. The molecule has 0 aromatic heterocycles. The van der Waals surface area contributed by atoms with Crippen molar-refractivity contribution in [3.8, 4) is 0 Å². The highest BCUT2D eigenvalue weighted by molar-refractivity contribution is 7.47. The number of phosphoric ester groups is 2. The lowest BCUT2D eigenvalue weighted by atomic mass is 10.0. The number of carbonyl (C=O) groups excluding carboxylic acids is 4. The van der Waals surface area contributed by atoms with Crippen molar-refractivity contribution in [2.24, 2.45) is 0 Å². The van der Waals surface area contributed by atoms with Crippen molar-refractivity contribution in [1.82, 2.24) is 0 Å². The van der Waals surface area contributed by atoms with Gasteiger partial charge in [0.25, 0.3) is 0 Å². The van der Waals surface area contributed by atoms with Crippen molar-refractivity contribution in [2.45, 2.75) is 354 Å². The first-order chi connectivity index (χ1) is 46.7. The molecule has 5 unspecified atom stereocenters. The number of aliphatic hydroxyl groups excluding tert-OH is 1. The van der Waals surface area contributed by atoms with E-state index in [-0.39, 0.29) is 25.7 Å². The summed E-state index contributed by atoms with van der Waals surface area (Å²) in [4.78, 5) is 72.8. The van der Waals surface area contributed by atoms with E-state index in [9.17, 15) is 43.2 Å². The molecule has 0 aliphatic rings. The summed E-state index contributed by atoms with van der Waals surface area (Å²) in [6.07, 6.45) is 69.0. The highest BCUT2D eigenvalue weighted by Gasteiger charge is 2.30. The molecule has 0 saturated carbocycles. The Labute approximate surface area is 583 Å². The predicted molar refractivity (Wildman–Crippen MR) is 390 cm³/mol. The average Bonchev–Trinajstić information content (AvgIpc) is 1.13. The molecule has 0 saturated heterocycles. The van der Waals surface area contributed by atoms with Gasteiger partial charge in [-0.2, -0.15) is 0 Å². The van der Waals surface area contributed by atoms with Crippen molar-refractivity contribution >= 4 is 39.5 Å². The van der Waals surface area contributed by atoms with Crippen LogP contribution in [0.5, 0.6) is 0 Å². The lowest BCUT2D eigenvalue weighted by Crippen LogP contribution is -2.30. The molecule has 0 aliphatic heterocycles. The van der Waals surface area contributed by atoms with Gasteiger partial charge in [-0.15, -0.1) is 0 Å². The second kappa shape index (κ2) is 70.0. The van der Waals surface area contributed by atoms with Gasteiger partial charge in [0, 0.05) is 25.7 Å². The van der Waals surface area contributed by atoms with Crippen LogP contribution in [0.25, 0.3) is 0 Å². The fraction of sp³-hybridized carbons (Fsp3) is 0.792. The largest absolute Gasteiger partial charge is 0.472 e. The molecule has 0 aliphatic carbocycles. The van der Waals surface area contributed by atoms with E-state index in [2.05, 4.69) is 101 Å². The molecular formula is C77H138O17P2. The van der Waals surface area contributed by atoms with Crippen LogP contribution < -0.4 is 0 Å². The Morgan fingerprint density at radius 2 is 0.573 bits per heavy atom. The zero-order valence-electron chi connectivity index (χ0n) is 60.8. The highest BCUT2D eigenvalue weighted by Crippen LogP contribution is 2.45. The number of carbonyl (C=O) groups is 4. The van der Waals surface area contributed by atoms with Gasteiger partial charge in [-0.05, 0) is 103 Å². The highest BCUT2D eigenvalue weighted by atomic mass is 31.2. The summed E-state index contributed by atoms with van der Waals surface area (Å²) in [5.41, 5.74) is 0. The van der Waals surface area contributed by atoms with Gasteiger partial charge in [0.1, 0.15) is 19.3 Å². The van der Waals surface area contributed by atoms with Gasteiger partial charge in [0.15, 0.2) is 12.2 Å². The summed E-state index contributed by atoms with van der Waals surface area (Å²) in [5.74, 6) is -2.19. The van der Waals surface area contributed by atoms with E-state index in [4.69, 9.17) is 37.0 Å². The van der Waals surface area contributed by atoms with E-state index < -0.39 is 97.5 Å². The first-order valence-corrected chi connectivity index (χ1v) is 41.2. The number of allylic oxidation sites excluding steroid dienone is 12. The van der Waals surface area contributed by atoms with Gasteiger partial charge in [-0.1, -0.05) is 280 Å². The molecule has 0 radical (unpaired) electrons. The van der Waals surface area contributed by atoms with Crippen LogP contribution in [0, 0.1) is 0 Å². The maximum absolute atomic E-state index is 13.1. The minimum Gasteiger partial charge on any atom is -0.462 e. The number of phosphoric acid groups is 2. The molecule has 0 fully saturated rings. The smallest absolute Gasteiger partial charge is 0.462 e. The summed E-state index contributed by atoms with van der Waals surface area (Å²) < 4.78 is 68.4. The summed E-state index contributed by atoms with van der Waals surface area (Å²) in [7, 11) is -9.94. The topological polar surface area (TPSA) is 237 Å². The molecule has 0 bridgehead atoms. The van der Waals surface area contributed by atoms with Gasteiger partial charge >= 0.3 is 39.5 Å². The number of esters is 4. The van der Waals surface area contributed by atoms with Gasteiger partial charge < -0.3 is 33.8 Å². The van der Waals surface area contributed by atoms with Crippen LogP contribution in [-0.4, -0.2) is 96.7 Å². The molecular weight excluding hydrogens is 1260 g/mol. The third-order valence-corrected chi connectivity index (χ3v) is 18.0. The van der Waals surface area contributed by atoms with E-state index in [0.29, 0.717) is 25.7 Å². The molecule has 19 heteroatoms. The fourth-order valence-corrected chi connectivity index (χ4v) is 11.9. The molecule has 0 aromatic carbocycles. The molecule has 0 heterocycles. The zero-order chi connectivity index (χ0) is 70.4. The molecule has 5 atom stereocenters. The van der Waals surface area contributed by atoms with Crippen molar-refractivity contribution in [3.63, 3.8) is 0 Å². The zero-order valence-corrected chi connectivity index (χ0v) is 62.6. The molecule has 96 heavy (non-hydrogen) atoms. The SMILES string of the molecule is CC/C=C\C/C=C\C/C=C\CCCCCCCCCC(=O)OCC(COP(=O)(O)OCC(O)COP(=O)(O)OCC(COC(=O)CCCCCCCCCCCCCCCCC)OC(=O)CCCCCCC/C=C\C/C=C\CCC)OC(=O)CCCCCCC/C=C\CCCC. The fourth-order valence-electron chi connectivity index (χ4n) is 10.3. The standard InChI is InChI=1S/C77H138O17P2/c1-5-9-13-17-21-25-29-32-34-35-37-40-43-46-50-54-58-62-75(80)87-67-72(93-76(81)63-59-55-51-47-41-28-24-20-16-12-8-4)69-91-95(83,84)89-65-71(78)66-90-96(85,86)92-70-73(94-77(82)64-60-56-52-48-44-38-31-27-23-19-15-11-7-3)68-88-74(79)61-57-53-49-45-42-39-36-33-30-26-22-18-14-10-6-2/h9,13,15,19-21,24-25,27,31-32,34,71-73,78H,5-8,10-12,14,16-18,22-23,26,28-30,33,35-70H2,1-4H3,(H,83,84)(H,85,86)/b13-9-,19-15-,24-20-,25-21-,31-27-,34-32-. The van der Waals surface area contributed by atoms with Gasteiger partial charge in [-0.25, -0.2) is 9.13 Å². The van der Waals surface area contributed by atoms with Crippen LogP contribution in [0.15, 0.2) is 72.9 Å². The Kier molecular flexibility index (Phi) is 67.4. The molecule has 558 valence electrons. The van der Waals surface area contributed by atoms with Crippen molar-refractivity contribution in [1.29, 1.82) is 0 Å². The van der Waals surface area contributed by atoms with Crippen LogP contribution >= 0.6 is 15.6 Å². The summed E-state index contributed by atoms with van der Waals surface area (Å²) in [5, 5.41) is 10.6. The Morgan fingerprint density at radius 3 is 0.917 bits per heavy atom. The van der Waals surface area contributed by atoms with Crippen LogP contribution in [0.2, 0.25) is 0 Å². The number of unbranched alkanes of at least 4 members (excludes halogenated alkanes) is 34. The van der Waals surface area contributed by atoms with E-state index in [1.807, 2.05) is 0 Å². The van der Waals surface area contributed by atoms with Crippen LogP contribution in [0.1, 0.15) is 336 Å². The number of hydrogen-bond donors (Lipinski definition) is 3. The molecule has 17 nitrogen and oxygen atoms in total.